The lowest BCUT2D eigenvalue weighted by Gasteiger charge is -2.29. The topological polar surface area (TPSA) is 53.4 Å². The second-order valence-electron chi connectivity index (χ2n) is 6.97. The number of alkyl halides is 2. The molecule has 1 unspecified atom stereocenters. The summed E-state index contributed by atoms with van der Waals surface area (Å²) in [5, 5.41) is 0. The average Bonchev–Trinajstić information content (AvgIpc) is 3.01. The van der Waals surface area contributed by atoms with Crippen LogP contribution in [0.4, 0.5) is 8.78 Å². The van der Waals surface area contributed by atoms with E-state index in [9.17, 15) is 13.6 Å². The molecule has 0 spiro atoms. The van der Waals surface area contributed by atoms with Crippen molar-refractivity contribution in [3.8, 4) is 11.8 Å². The van der Waals surface area contributed by atoms with E-state index in [0.717, 1.165) is 12.0 Å². The van der Waals surface area contributed by atoms with Gasteiger partial charge in [-0.15, -0.1) is 0 Å². The van der Waals surface area contributed by atoms with E-state index >= 15 is 0 Å². The van der Waals surface area contributed by atoms with Gasteiger partial charge in [-0.05, 0) is 36.5 Å². The Kier molecular flexibility index (Phi) is 4.38. The molecule has 1 aliphatic carbocycles. The number of hydrogen-bond donors (Lipinski definition) is 0. The van der Waals surface area contributed by atoms with Crippen LogP contribution < -0.4 is 15.0 Å². The monoisotopic (exact) mass is 362 g/mol. The van der Waals surface area contributed by atoms with Gasteiger partial charge in [0.25, 0.3) is 11.6 Å². The molecule has 2 aromatic rings. The van der Waals surface area contributed by atoms with Gasteiger partial charge in [0.1, 0.15) is 12.4 Å². The molecule has 2 atom stereocenters. The highest BCUT2D eigenvalue weighted by Gasteiger charge is 2.36. The second-order valence-corrected chi connectivity index (χ2v) is 6.97. The molecule has 0 bridgehead atoms. The Labute approximate surface area is 149 Å². The lowest BCUT2D eigenvalue weighted by atomic mass is 9.82. The normalized spacial score (nSPS) is 23.9. The summed E-state index contributed by atoms with van der Waals surface area (Å²) in [5.41, 5.74) is 0.602. The number of ether oxygens (including phenoxy) is 2. The van der Waals surface area contributed by atoms with Crippen molar-refractivity contribution < 1.29 is 18.3 Å². The van der Waals surface area contributed by atoms with Crippen molar-refractivity contribution >= 4 is 0 Å². The number of fused-ring (bicyclic) bond motifs is 1. The van der Waals surface area contributed by atoms with Crippen molar-refractivity contribution in [3.05, 3.63) is 52.4 Å². The van der Waals surface area contributed by atoms with Crippen molar-refractivity contribution in [2.24, 2.45) is 0 Å². The van der Waals surface area contributed by atoms with Crippen LogP contribution >= 0.6 is 0 Å². The average molecular weight is 362 g/mol. The zero-order chi connectivity index (χ0) is 18.1. The fourth-order valence-corrected chi connectivity index (χ4v) is 3.62. The predicted molar refractivity (Wildman–Crippen MR) is 91.0 cm³/mol. The van der Waals surface area contributed by atoms with Gasteiger partial charge in [0, 0.05) is 25.1 Å². The van der Waals surface area contributed by atoms with E-state index in [2.05, 4.69) is 4.98 Å². The molecular weight excluding hydrogens is 342 g/mol. The number of aromatic nitrogens is 2. The van der Waals surface area contributed by atoms with Gasteiger partial charge < -0.3 is 9.47 Å². The van der Waals surface area contributed by atoms with Crippen LogP contribution in [0.3, 0.4) is 0 Å². The maximum absolute atomic E-state index is 13.6. The summed E-state index contributed by atoms with van der Waals surface area (Å²) in [5.74, 6) is -1.98. The van der Waals surface area contributed by atoms with Crippen molar-refractivity contribution in [2.75, 3.05) is 6.61 Å². The molecule has 1 aromatic heterocycles. The van der Waals surface area contributed by atoms with Crippen LogP contribution in [0.15, 0.2) is 41.3 Å². The molecule has 0 amide bonds. The van der Waals surface area contributed by atoms with Crippen LogP contribution in [0.5, 0.6) is 11.8 Å². The Hall–Kier alpha value is -2.44. The summed E-state index contributed by atoms with van der Waals surface area (Å²) in [6.07, 6.45) is 2.71. The molecular formula is C19H20F2N2O3. The molecule has 2 heterocycles. The van der Waals surface area contributed by atoms with Gasteiger partial charge in [-0.2, -0.15) is 4.98 Å². The van der Waals surface area contributed by atoms with E-state index in [1.807, 2.05) is 24.3 Å². The van der Waals surface area contributed by atoms with Gasteiger partial charge in [-0.3, -0.25) is 9.36 Å². The second kappa shape index (κ2) is 6.70. The predicted octanol–water partition coefficient (Wildman–Crippen LogP) is 3.38. The fraction of sp³-hybridized carbons (Fsp3) is 0.474. The highest BCUT2D eigenvalue weighted by molar-refractivity contribution is 5.30. The van der Waals surface area contributed by atoms with Crippen LogP contribution in [0.1, 0.15) is 37.2 Å². The largest absolute Gasteiger partial charge is 0.490 e. The van der Waals surface area contributed by atoms with Crippen LogP contribution in [-0.2, 0) is 6.54 Å². The first-order valence-electron chi connectivity index (χ1n) is 8.83. The minimum atomic E-state index is -2.55. The lowest BCUT2D eigenvalue weighted by molar-refractivity contribution is -0.0408. The molecule has 138 valence electrons. The molecule has 26 heavy (non-hydrogen) atoms. The van der Waals surface area contributed by atoms with Crippen molar-refractivity contribution in [1.82, 2.24) is 9.55 Å². The Morgan fingerprint density at radius 2 is 2.08 bits per heavy atom. The number of halogens is 2. The van der Waals surface area contributed by atoms with Crippen molar-refractivity contribution in [3.63, 3.8) is 0 Å². The number of hydrogen-bond acceptors (Lipinski definition) is 4. The zero-order valence-corrected chi connectivity index (χ0v) is 14.2. The van der Waals surface area contributed by atoms with Crippen LogP contribution in [0.2, 0.25) is 0 Å². The summed E-state index contributed by atoms with van der Waals surface area (Å²) in [6, 6.07) is 9.05. The third-order valence-electron chi connectivity index (χ3n) is 4.95. The minimum absolute atomic E-state index is 0.00478. The van der Waals surface area contributed by atoms with E-state index < -0.39 is 5.92 Å². The lowest BCUT2D eigenvalue weighted by Crippen LogP contribution is -2.25. The van der Waals surface area contributed by atoms with E-state index in [1.54, 1.807) is 10.8 Å². The first-order valence-corrected chi connectivity index (χ1v) is 8.83. The van der Waals surface area contributed by atoms with Gasteiger partial charge >= 0.3 is 0 Å². The standard InChI is InChI=1S/C19H20F2N2O3/c20-19(21)8-1-2-14(10-19)13-3-5-15(6-4-13)25-12-16-11-23-9-7-17(24)22-18(23)26-16/h3-7,9,14,16H,1-2,8,10-12H2/t14?,16-/m0/s1. The molecule has 0 N–H and O–H groups in total. The molecule has 1 fully saturated rings. The summed E-state index contributed by atoms with van der Waals surface area (Å²) in [6.45, 7) is 0.885. The molecule has 0 saturated heterocycles. The maximum Gasteiger partial charge on any atom is 0.300 e. The molecule has 1 saturated carbocycles. The molecule has 7 heteroatoms. The molecule has 4 rings (SSSR count). The number of benzene rings is 1. The zero-order valence-electron chi connectivity index (χ0n) is 14.2. The maximum atomic E-state index is 13.6. The van der Waals surface area contributed by atoms with Crippen LogP contribution in [0.25, 0.3) is 0 Å². The molecule has 2 aliphatic rings. The Balaban J connectivity index is 1.33. The first-order chi connectivity index (χ1) is 12.5. The van der Waals surface area contributed by atoms with E-state index in [1.165, 1.54) is 6.07 Å². The highest BCUT2D eigenvalue weighted by atomic mass is 19.3. The van der Waals surface area contributed by atoms with E-state index in [-0.39, 0.29) is 30.4 Å². The van der Waals surface area contributed by atoms with Gasteiger partial charge in [0.05, 0.1) is 6.54 Å². The van der Waals surface area contributed by atoms with Crippen LogP contribution in [0, 0.1) is 0 Å². The highest BCUT2D eigenvalue weighted by Crippen LogP contribution is 2.41. The SMILES string of the molecule is O=c1ccn2c(n1)O[C@H](COc1ccc(C3CCCC(F)(F)C3)cc1)C2. The number of rotatable bonds is 4. The molecule has 0 radical (unpaired) electrons. The minimum Gasteiger partial charge on any atom is -0.490 e. The van der Waals surface area contributed by atoms with Gasteiger partial charge in [0.2, 0.25) is 5.92 Å². The van der Waals surface area contributed by atoms with E-state index in [4.69, 9.17) is 9.47 Å². The molecule has 5 nitrogen and oxygen atoms in total. The van der Waals surface area contributed by atoms with Crippen LogP contribution in [-0.4, -0.2) is 28.2 Å². The first kappa shape index (κ1) is 17.0. The number of nitrogens with zero attached hydrogens (tertiary/aromatic N) is 2. The van der Waals surface area contributed by atoms with Crippen molar-refractivity contribution in [2.45, 2.75) is 50.2 Å². The smallest absolute Gasteiger partial charge is 0.300 e. The van der Waals surface area contributed by atoms with Crippen molar-refractivity contribution in [1.29, 1.82) is 0 Å². The Bertz CT molecular complexity index is 835. The summed E-state index contributed by atoms with van der Waals surface area (Å²) >= 11 is 0. The Morgan fingerprint density at radius 1 is 1.27 bits per heavy atom. The summed E-state index contributed by atoms with van der Waals surface area (Å²) in [4.78, 5) is 15.0. The third kappa shape index (κ3) is 3.71. The van der Waals surface area contributed by atoms with E-state index in [0.29, 0.717) is 31.3 Å². The molecule has 1 aliphatic heterocycles. The van der Waals surface area contributed by atoms with Gasteiger partial charge in [-0.25, -0.2) is 8.78 Å². The third-order valence-corrected chi connectivity index (χ3v) is 4.95. The Morgan fingerprint density at radius 3 is 2.85 bits per heavy atom. The summed E-state index contributed by atoms with van der Waals surface area (Å²) in [7, 11) is 0. The summed E-state index contributed by atoms with van der Waals surface area (Å²) < 4.78 is 40.3. The van der Waals surface area contributed by atoms with Gasteiger partial charge in [0.15, 0.2) is 6.10 Å². The fourth-order valence-electron chi connectivity index (χ4n) is 3.62. The quantitative estimate of drug-likeness (QED) is 0.837. The van der Waals surface area contributed by atoms with Gasteiger partial charge in [-0.1, -0.05) is 12.1 Å². The molecule has 1 aromatic carbocycles.